The third-order valence-corrected chi connectivity index (χ3v) is 5.35. The van der Waals surface area contributed by atoms with Gasteiger partial charge in [-0.15, -0.1) is 11.3 Å². The molecule has 0 saturated carbocycles. The van der Waals surface area contributed by atoms with Gasteiger partial charge in [0, 0.05) is 11.1 Å². The summed E-state index contributed by atoms with van der Waals surface area (Å²) in [6, 6.07) is 5.39. The van der Waals surface area contributed by atoms with Gasteiger partial charge in [0.25, 0.3) is 5.91 Å². The first kappa shape index (κ1) is 19.9. The third-order valence-electron chi connectivity index (χ3n) is 4.16. The van der Waals surface area contributed by atoms with Crippen LogP contribution < -0.4 is 10.1 Å². The maximum Gasteiger partial charge on any atom is 0.341 e. The zero-order chi connectivity index (χ0) is 20.3. The molecule has 0 spiro atoms. The van der Waals surface area contributed by atoms with Crippen LogP contribution in [0.2, 0.25) is 0 Å². The van der Waals surface area contributed by atoms with Crippen LogP contribution in [-0.4, -0.2) is 34.5 Å². The summed E-state index contributed by atoms with van der Waals surface area (Å²) >= 11 is 1.37. The highest BCUT2D eigenvalue weighted by Gasteiger charge is 2.23. The molecule has 7 nitrogen and oxygen atoms in total. The van der Waals surface area contributed by atoms with Gasteiger partial charge in [0.05, 0.1) is 24.5 Å². The van der Waals surface area contributed by atoms with Crippen molar-refractivity contribution >= 4 is 33.9 Å². The number of carbonyl (C=O) groups is 2. The average Bonchev–Trinajstić information content (AvgIpc) is 3.23. The SMILES string of the molecule is CCOC(=O)c1cc(CC)sc1NC(=O)c1c(C)nc2c(OCC)cccn12. The highest BCUT2D eigenvalue weighted by Crippen LogP contribution is 2.30. The van der Waals surface area contributed by atoms with Gasteiger partial charge in [0.1, 0.15) is 10.7 Å². The van der Waals surface area contributed by atoms with Crippen molar-refractivity contribution in [1.29, 1.82) is 0 Å². The standard InChI is InChI=1S/C20H23N3O4S/c1-5-13-11-14(20(25)27-7-3)19(28-13)22-18(24)16-12(4)21-17-15(26-6-2)9-8-10-23(16)17/h8-11H,5-7H2,1-4H3,(H,22,24). The highest BCUT2D eigenvalue weighted by molar-refractivity contribution is 7.16. The first-order valence-electron chi connectivity index (χ1n) is 9.21. The van der Waals surface area contributed by atoms with Gasteiger partial charge in [-0.25, -0.2) is 9.78 Å². The van der Waals surface area contributed by atoms with E-state index < -0.39 is 5.97 Å². The molecule has 3 heterocycles. The fourth-order valence-corrected chi connectivity index (χ4v) is 3.91. The number of thiophene rings is 1. The monoisotopic (exact) mass is 401 g/mol. The van der Waals surface area contributed by atoms with Crippen LogP contribution in [0.15, 0.2) is 24.4 Å². The highest BCUT2D eigenvalue weighted by atomic mass is 32.1. The molecular weight excluding hydrogens is 378 g/mol. The number of esters is 1. The number of pyridine rings is 1. The van der Waals surface area contributed by atoms with Gasteiger partial charge in [0.15, 0.2) is 11.4 Å². The second-order valence-electron chi connectivity index (χ2n) is 6.03. The first-order valence-corrected chi connectivity index (χ1v) is 10.0. The van der Waals surface area contributed by atoms with Crippen molar-refractivity contribution in [2.24, 2.45) is 0 Å². The second kappa shape index (κ2) is 8.43. The molecule has 0 fully saturated rings. The van der Waals surface area contributed by atoms with Crippen molar-refractivity contribution in [3.8, 4) is 5.75 Å². The van der Waals surface area contributed by atoms with Crippen molar-refractivity contribution < 1.29 is 19.1 Å². The summed E-state index contributed by atoms with van der Waals surface area (Å²) in [5, 5.41) is 3.35. The Morgan fingerprint density at radius 3 is 2.71 bits per heavy atom. The van der Waals surface area contributed by atoms with Crippen molar-refractivity contribution in [2.45, 2.75) is 34.1 Å². The van der Waals surface area contributed by atoms with E-state index in [0.717, 1.165) is 11.3 Å². The molecule has 0 radical (unpaired) electrons. The fourth-order valence-electron chi connectivity index (χ4n) is 2.93. The second-order valence-corrected chi connectivity index (χ2v) is 7.17. The molecule has 28 heavy (non-hydrogen) atoms. The Morgan fingerprint density at radius 1 is 1.25 bits per heavy atom. The van der Waals surface area contributed by atoms with Crippen molar-refractivity contribution in [1.82, 2.24) is 9.38 Å². The lowest BCUT2D eigenvalue weighted by Crippen LogP contribution is -2.17. The molecule has 0 atom stereocenters. The summed E-state index contributed by atoms with van der Waals surface area (Å²) in [6.45, 7) is 8.19. The van der Waals surface area contributed by atoms with Crippen LogP contribution in [0.25, 0.3) is 5.65 Å². The van der Waals surface area contributed by atoms with Gasteiger partial charge in [0.2, 0.25) is 0 Å². The summed E-state index contributed by atoms with van der Waals surface area (Å²) in [4.78, 5) is 30.8. The largest absolute Gasteiger partial charge is 0.490 e. The van der Waals surface area contributed by atoms with E-state index in [4.69, 9.17) is 9.47 Å². The molecule has 3 aromatic rings. The maximum atomic E-state index is 13.1. The summed E-state index contributed by atoms with van der Waals surface area (Å²) in [5.41, 5.74) is 1.93. The molecule has 148 valence electrons. The summed E-state index contributed by atoms with van der Waals surface area (Å²) in [7, 11) is 0. The Kier molecular flexibility index (Phi) is 5.99. The number of hydrogen-bond acceptors (Lipinski definition) is 6. The quantitative estimate of drug-likeness (QED) is 0.603. The third kappa shape index (κ3) is 3.73. The number of aryl methyl sites for hydroxylation is 2. The number of amides is 1. The van der Waals surface area contributed by atoms with Crippen LogP contribution in [0.5, 0.6) is 5.75 Å². The van der Waals surface area contributed by atoms with Gasteiger partial charge in [-0.3, -0.25) is 9.20 Å². The van der Waals surface area contributed by atoms with Crippen LogP contribution in [0.3, 0.4) is 0 Å². The number of ether oxygens (including phenoxy) is 2. The van der Waals surface area contributed by atoms with Crippen molar-refractivity contribution in [2.75, 3.05) is 18.5 Å². The van der Waals surface area contributed by atoms with Gasteiger partial charge in [-0.1, -0.05) is 6.92 Å². The molecule has 0 saturated heterocycles. The number of imidazole rings is 1. The minimum atomic E-state index is -0.442. The van der Waals surface area contributed by atoms with E-state index in [-0.39, 0.29) is 12.5 Å². The number of hydrogen-bond donors (Lipinski definition) is 1. The molecule has 0 unspecified atom stereocenters. The number of fused-ring (bicyclic) bond motifs is 1. The minimum absolute atomic E-state index is 0.274. The maximum absolute atomic E-state index is 13.1. The van der Waals surface area contributed by atoms with E-state index in [2.05, 4.69) is 10.3 Å². The predicted octanol–water partition coefficient (Wildman–Crippen LogP) is 4.09. The number of aromatic nitrogens is 2. The van der Waals surface area contributed by atoms with Crippen LogP contribution >= 0.6 is 11.3 Å². The van der Waals surface area contributed by atoms with Gasteiger partial charge in [-0.2, -0.15) is 0 Å². The Hall–Kier alpha value is -2.87. The number of nitrogens with one attached hydrogen (secondary N) is 1. The number of rotatable bonds is 7. The normalized spacial score (nSPS) is 10.9. The Balaban J connectivity index is 1.98. The lowest BCUT2D eigenvalue weighted by molar-refractivity contribution is 0.0528. The number of anilines is 1. The van der Waals surface area contributed by atoms with Crippen molar-refractivity contribution in [3.63, 3.8) is 0 Å². The van der Waals surface area contributed by atoms with E-state index in [9.17, 15) is 9.59 Å². The van der Waals surface area contributed by atoms with E-state index in [1.165, 1.54) is 11.3 Å². The average molecular weight is 401 g/mol. The molecule has 0 aliphatic heterocycles. The molecule has 0 aliphatic rings. The van der Waals surface area contributed by atoms with Gasteiger partial charge >= 0.3 is 5.97 Å². The minimum Gasteiger partial charge on any atom is -0.490 e. The smallest absolute Gasteiger partial charge is 0.341 e. The van der Waals surface area contributed by atoms with Gasteiger partial charge in [-0.05, 0) is 45.4 Å². The van der Waals surface area contributed by atoms with E-state index in [0.29, 0.717) is 40.0 Å². The number of carbonyl (C=O) groups excluding carboxylic acids is 2. The molecule has 8 heteroatoms. The van der Waals surface area contributed by atoms with Crippen molar-refractivity contribution in [3.05, 3.63) is 46.2 Å². The molecule has 1 N–H and O–H groups in total. The van der Waals surface area contributed by atoms with Crippen LogP contribution in [-0.2, 0) is 11.2 Å². The number of nitrogens with zero attached hydrogens (tertiary/aromatic N) is 2. The fraction of sp³-hybridized carbons (Fsp3) is 0.350. The summed E-state index contributed by atoms with van der Waals surface area (Å²) in [5.74, 6) is -0.167. The molecule has 0 aliphatic carbocycles. The van der Waals surface area contributed by atoms with Crippen LogP contribution in [0.1, 0.15) is 52.2 Å². The topological polar surface area (TPSA) is 81.9 Å². The molecule has 0 bridgehead atoms. The van der Waals surface area contributed by atoms with Crippen LogP contribution in [0.4, 0.5) is 5.00 Å². The molecular formula is C20H23N3O4S. The predicted molar refractivity (Wildman–Crippen MR) is 109 cm³/mol. The molecule has 3 rings (SSSR count). The summed E-state index contributed by atoms with van der Waals surface area (Å²) < 4.78 is 12.4. The zero-order valence-corrected chi connectivity index (χ0v) is 17.2. The Morgan fingerprint density at radius 2 is 2.04 bits per heavy atom. The van der Waals surface area contributed by atoms with E-state index in [1.54, 1.807) is 36.6 Å². The first-order chi connectivity index (χ1) is 13.5. The molecule has 1 amide bonds. The Labute approximate surface area is 167 Å². The lowest BCUT2D eigenvalue weighted by atomic mass is 10.2. The van der Waals surface area contributed by atoms with Gasteiger partial charge < -0.3 is 14.8 Å². The van der Waals surface area contributed by atoms with Crippen LogP contribution in [0, 0.1) is 6.92 Å². The molecule has 3 aromatic heterocycles. The molecule has 0 aromatic carbocycles. The zero-order valence-electron chi connectivity index (χ0n) is 16.4. The van der Waals surface area contributed by atoms with E-state index >= 15 is 0 Å². The van der Waals surface area contributed by atoms with E-state index in [1.807, 2.05) is 19.9 Å². The Bertz CT molecular complexity index is 1020. The lowest BCUT2D eigenvalue weighted by Gasteiger charge is -2.08. The summed E-state index contributed by atoms with van der Waals surface area (Å²) in [6.07, 6.45) is 2.53.